The second-order valence-corrected chi connectivity index (χ2v) is 4.70. The molecule has 0 saturated carbocycles. The molecule has 0 unspecified atom stereocenters. The number of hydrogen-bond acceptors (Lipinski definition) is 1. The number of para-hydroxylation sites is 1. The van der Waals surface area contributed by atoms with E-state index in [1.807, 2.05) is 0 Å². The minimum Gasteiger partial charge on any atom is -0.355 e. The van der Waals surface area contributed by atoms with E-state index in [2.05, 4.69) is 5.32 Å². The third kappa shape index (κ3) is 3.52. The molecule has 0 spiro atoms. The maximum atomic E-state index is 13.0. The Hall–Kier alpha value is -2.18. The molecule has 0 fully saturated rings. The number of rotatable bonds is 2. The van der Waals surface area contributed by atoms with Crippen molar-refractivity contribution in [1.82, 2.24) is 0 Å². The Labute approximate surface area is 122 Å². The summed E-state index contributed by atoms with van der Waals surface area (Å²) in [7, 11) is 0. The van der Waals surface area contributed by atoms with Gasteiger partial charge < -0.3 is 5.32 Å². The predicted octanol–water partition coefficient (Wildman–Crippen LogP) is 5.78. The number of anilines is 2. The zero-order chi connectivity index (χ0) is 16.5. The first-order valence-electron chi connectivity index (χ1n) is 6.20. The normalized spacial score (nSPS) is 12.3. The Kier molecular flexibility index (Phi) is 4.08. The summed E-state index contributed by atoms with van der Waals surface area (Å²) in [5, 5.41) is 2.44. The molecule has 0 atom stereocenters. The van der Waals surface area contributed by atoms with Crippen LogP contribution in [-0.4, -0.2) is 0 Å². The number of nitrogens with one attached hydrogen (secondary N) is 1. The summed E-state index contributed by atoms with van der Waals surface area (Å²) in [5.74, 6) is 0. The summed E-state index contributed by atoms with van der Waals surface area (Å²) < 4.78 is 77.0. The van der Waals surface area contributed by atoms with Crippen LogP contribution in [0.15, 0.2) is 42.5 Å². The molecule has 0 aliphatic heterocycles. The zero-order valence-electron chi connectivity index (χ0n) is 11.3. The molecule has 0 aliphatic carbocycles. The fourth-order valence-electron chi connectivity index (χ4n) is 1.93. The molecule has 0 aliphatic rings. The second kappa shape index (κ2) is 5.55. The summed E-state index contributed by atoms with van der Waals surface area (Å²) in [6, 6.07) is 7.72. The van der Waals surface area contributed by atoms with Gasteiger partial charge in [-0.05, 0) is 36.8 Å². The molecule has 2 aromatic carbocycles. The average molecular weight is 319 g/mol. The number of alkyl halides is 6. The van der Waals surface area contributed by atoms with Crippen LogP contribution in [0.4, 0.5) is 37.7 Å². The average Bonchev–Trinajstić information content (AvgIpc) is 2.39. The van der Waals surface area contributed by atoms with Gasteiger partial charge in [-0.1, -0.05) is 18.2 Å². The minimum absolute atomic E-state index is 0.312. The van der Waals surface area contributed by atoms with Crippen molar-refractivity contribution in [2.75, 3.05) is 5.32 Å². The first-order chi connectivity index (χ1) is 10.1. The van der Waals surface area contributed by atoms with Gasteiger partial charge >= 0.3 is 12.4 Å². The summed E-state index contributed by atoms with van der Waals surface area (Å²) >= 11 is 0. The van der Waals surface area contributed by atoms with Gasteiger partial charge in [-0.3, -0.25) is 0 Å². The number of aryl methyl sites for hydroxylation is 1. The van der Waals surface area contributed by atoms with E-state index in [-0.39, 0.29) is 0 Å². The number of hydrogen-bond donors (Lipinski definition) is 1. The van der Waals surface area contributed by atoms with E-state index in [1.165, 1.54) is 6.07 Å². The van der Waals surface area contributed by atoms with Crippen LogP contribution in [0.5, 0.6) is 0 Å². The lowest BCUT2D eigenvalue weighted by Crippen LogP contribution is -2.12. The lowest BCUT2D eigenvalue weighted by Gasteiger charge is -2.18. The van der Waals surface area contributed by atoms with Gasteiger partial charge in [0.15, 0.2) is 0 Å². The van der Waals surface area contributed by atoms with Gasteiger partial charge in [-0.25, -0.2) is 0 Å². The third-order valence-electron chi connectivity index (χ3n) is 3.07. The molecule has 0 aromatic heterocycles. The van der Waals surface area contributed by atoms with Crippen molar-refractivity contribution in [3.63, 3.8) is 0 Å². The van der Waals surface area contributed by atoms with Crippen LogP contribution in [0.25, 0.3) is 0 Å². The molecular formula is C15H11F6N. The van der Waals surface area contributed by atoms with Gasteiger partial charge in [-0.2, -0.15) is 26.3 Å². The highest BCUT2D eigenvalue weighted by atomic mass is 19.4. The van der Waals surface area contributed by atoms with Crippen molar-refractivity contribution in [3.05, 3.63) is 59.2 Å². The van der Waals surface area contributed by atoms with Crippen molar-refractivity contribution in [2.45, 2.75) is 19.3 Å². The number of benzene rings is 2. The summed E-state index contributed by atoms with van der Waals surface area (Å²) in [4.78, 5) is 0. The SMILES string of the molecule is Cc1ccccc1Nc1cc(C(F)(F)F)ccc1C(F)(F)F. The summed E-state index contributed by atoms with van der Waals surface area (Å²) in [6.07, 6.45) is -9.47. The molecule has 7 heteroatoms. The first-order valence-corrected chi connectivity index (χ1v) is 6.20. The monoisotopic (exact) mass is 319 g/mol. The molecule has 22 heavy (non-hydrogen) atoms. The Morgan fingerprint density at radius 2 is 1.41 bits per heavy atom. The zero-order valence-corrected chi connectivity index (χ0v) is 11.3. The van der Waals surface area contributed by atoms with Crippen molar-refractivity contribution in [1.29, 1.82) is 0 Å². The van der Waals surface area contributed by atoms with E-state index in [0.717, 1.165) is 0 Å². The van der Waals surface area contributed by atoms with Gasteiger partial charge in [0.05, 0.1) is 16.8 Å². The lowest BCUT2D eigenvalue weighted by molar-refractivity contribution is -0.140. The Bertz CT molecular complexity index is 672. The second-order valence-electron chi connectivity index (χ2n) is 4.70. The first kappa shape index (κ1) is 16.2. The van der Waals surface area contributed by atoms with Crippen molar-refractivity contribution in [3.8, 4) is 0 Å². The Balaban J connectivity index is 2.53. The van der Waals surface area contributed by atoms with Gasteiger partial charge in [0.25, 0.3) is 0 Å². The number of halogens is 6. The molecule has 2 rings (SSSR count). The minimum atomic E-state index is -4.75. The van der Waals surface area contributed by atoms with E-state index in [9.17, 15) is 26.3 Å². The molecule has 0 bridgehead atoms. The molecular weight excluding hydrogens is 308 g/mol. The molecule has 0 radical (unpaired) electrons. The van der Waals surface area contributed by atoms with Gasteiger partial charge in [0.1, 0.15) is 0 Å². The standard InChI is InChI=1S/C15H11F6N/c1-9-4-2-3-5-12(9)22-13-8-10(14(16,17)18)6-7-11(13)15(19,20)21/h2-8,22H,1H3. The highest BCUT2D eigenvalue weighted by Gasteiger charge is 2.37. The van der Waals surface area contributed by atoms with Crippen LogP contribution in [-0.2, 0) is 12.4 Å². The lowest BCUT2D eigenvalue weighted by atomic mass is 10.1. The van der Waals surface area contributed by atoms with Crippen LogP contribution >= 0.6 is 0 Å². The van der Waals surface area contributed by atoms with Gasteiger partial charge in [0.2, 0.25) is 0 Å². The molecule has 0 saturated heterocycles. The highest BCUT2D eigenvalue weighted by molar-refractivity contribution is 5.67. The molecule has 118 valence electrons. The van der Waals surface area contributed by atoms with Crippen LogP contribution in [0, 0.1) is 6.92 Å². The largest absolute Gasteiger partial charge is 0.418 e. The van der Waals surface area contributed by atoms with Gasteiger partial charge in [-0.15, -0.1) is 0 Å². The van der Waals surface area contributed by atoms with Crippen molar-refractivity contribution in [2.24, 2.45) is 0 Å². The summed E-state index contributed by atoms with van der Waals surface area (Å²) in [5.41, 5.74) is -1.99. The predicted molar refractivity (Wildman–Crippen MR) is 70.9 cm³/mol. The van der Waals surface area contributed by atoms with E-state index in [0.29, 0.717) is 29.4 Å². The van der Waals surface area contributed by atoms with E-state index in [4.69, 9.17) is 0 Å². The Morgan fingerprint density at radius 1 is 0.773 bits per heavy atom. The highest BCUT2D eigenvalue weighted by Crippen LogP contribution is 2.40. The topological polar surface area (TPSA) is 12.0 Å². The third-order valence-corrected chi connectivity index (χ3v) is 3.07. The molecule has 0 heterocycles. The smallest absolute Gasteiger partial charge is 0.355 e. The quantitative estimate of drug-likeness (QED) is 0.692. The maximum Gasteiger partial charge on any atom is 0.418 e. The van der Waals surface area contributed by atoms with Crippen molar-refractivity contribution < 1.29 is 26.3 Å². The molecule has 2 aromatic rings. The molecule has 1 N–H and O–H groups in total. The van der Waals surface area contributed by atoms with Gasteiger partial charge in [0, 0.05) is 5.69 Å². The van der Waals surface area contributed by atoms with Crippen LogP contribution in [0.3, 0.4) is 0 Å². The van der Waals surface area contributed by atoms with Crippen molar-refractivity contribution >= 4 is 11.4 Å². The van der Waals surface area contributed by atoms with E-state index < -0.39 is 29.2 Å². The molecule has 0 amide bonds. The van der Waals surface area contributed by atoms with E-state index >= 15 is 0 Å². The fraction of sp³-hybridized carbons (Fsp3) is 0.200. The maximum absolute atomic E-state index is 13.0. The molecule has 1 nitrogen and oxygen atoms in total. The fourth-order valence-corrected chi connectivity index (χ4v) is 1.93. The summed E-state index contributed by atoms with van der Waals surface area (Å²) in [6.45, 7) is 1.64. The Morgan fingerprint density at radius 3 is 1.95 bits per heavy atom. The van der Waals surface area contributed by atoms with E-state index in [1.54, 1.807) is 25.1 Å². The van der Waals surface area contributed by atoms with Crippen LogP contribution < -0.4 is 5.32 Å². The van der Waals surface area contributed by atoms with Crippen LogP contribution in [0.2, 0.25) is 0 Å². The van der Waals surface area contributed by atoms with Crippen LogP contribution in [0.1, 0.15) is 16.7 Å².